The maximum atomic E-state index is 12.8. The van der Waals surface area contributed by atoms with Crippen molar-refractivity contribution in [3.05, 3.63) is 63.2 Å². The van der Waals surface area contributed by atoms with Crippen molar-refractivity contribution in [1.29, 1.82) is 0 Å². The van der Waals surface area contributed by atoms with Crippen LogP contribution in [0.1, 0.15) is 27.6 Å². The molecule has 0 atom stereocenters. The fourth-order valence-electron chi connectivity index (χ4n) is 4.18. The Morgan fingerprint density at radius 2 is 1.88 bits per heavy atom. The zero-order valence-electron chi connectivity index (χ0n) is 18.0. The van der Waals surface area contributed by atoms with E-state index in [9.17, 15) is 4.79 Å². The van der Waals surface area contributed by atoms with Crippen molar-refractivity contribution in [3.8, 4) is 5.69 Å². The summed E-state index contributed by atoms with van der Waals surface area (Å²) in [6.45, 7) is 6.78. The molecule has 0 radical (unpaired) electrons. The van der Waals surface area contributed by atoms with Crippen LogP contribution in [0.2, 0.25) is 5.02 Å². The van der Waals surface area contributed by atoms with Crippen LogP contribution in [0.3, 0.4) is 0 Å². The van der Waals surface area contributed by atoms with Gasteiger partial charge in [0.1, 0.15) is 11.6 Å². The Hall–Kier alpha value is -2.97. The van der Waals surface area contributed by atoms with Crippen LogP contribution in [0.15, 0.2) is 41.8 Å². The van der Waals surface area contributed by atoms with Gasteiger partial charge >= 0.3 is 0 Å². The number of nitrogens with zero attached hydrogens (tertiary/aromatic N) is 6. The number of carbonyl (C=O) groups is 1. The van der Waals surface area contributed by atoms with Crippen molar-refractivity contribution >= 4 is 45.7 Å². The Kier molecular flexibility index (Phi) is 5.57. The van der Waals surface area contributed by atoms with Crippen LogP contribution in [0.5, 0.6) is 0 Å². The lowest BCUT2D eigenvalue weighted by atomic mass is 10.2. The van der Waals surface area contributed by atoms with E-state index in [2.05, 4.69) is 4.90 Å². The van der Waals surface area contributed by atoms with Crippen molar-refractivity contribution < 1.29 is 4.79 Å². The number of aryl methyl sites for hydroxylation is 2. The van der Waals surface area contributed by atoms with E-state index in [1.165, 1.54) is 11.3 Å². The Morgan fingerprint density at radius 1 is 1.03 bits per heavy atom. The van der Waals surface area contributed by atoms with Crippen molar-refractivity contribution in [1.82, 2.24) is 24.6 Å². The third-order valence-electron chi connectivity index (χ3n) is 5.69. The van der Waals surface area contributed by atoms with Crippen LogP contribution in [0.25, 0.3) is 16.7 Å². The maximum absolute atomic E-state index is 12.8. The minimum Gasteiger partial charge on any atom is -0.354 e. The summed E-state index contributed by atoms with van der Waals surface area (Å²) in [5.41, 5.74) is 2.39. The molecule has 164 valence electrons. The molecule has 0 spiro atoms. The highest BCUT2D eigenvalue weighted by atomic mass is 35.5. The standard InChI is InChI=1S/C23H23ClN6OS/c1-15-20-21(28-10-6-11-29(13-12-28)23(31)19-9-5-14-32-19)25-16(2)26-22(20)30(27-15)18-8-4-3-7-17(18)24/h3-5,7-9,14H,6,10-13H2,1-2H3. The number of benzene rings is 1. The highest BCUT2D eigenvalue weighted by Gasteiger charge is 2.25. The number of thiophene rings is 1. The SMILES string of the molecule is Cc1nc(N2CCCN(C(=O)c3cccs3)CC2)c2c(C)nn(-c3ccccc3Cl)c2n1. The minimum absolute atomic E-state index is 0.105. The van der Waals surface area contributed by atoms with E-state index in [4.69, 9.17) is 26.7 Å². The minimum atomic E-state index is 0.105. The van der Waals surface area contributed by atoms with Crippen molar-refractivity contribution in [2.45, 2.75) is 20.3 Å². The fourth-order valence-corrected chi connectivity index (χ4v) is 5.08. The first-order valence-corrected chi connectivity index (χ1v) is 11.9. The van der Waals surface area contributed by atoms with E-state index in [0.29, 0.717) is 23.9 Å². The first-order chi connectivity index (χ1) is 15.5. The number of amides is 1. The van der Waals surface area contributed by atoms with E-state index >= 15 is 0 Å². The molecule has 1 saturated heterocycles. The molecular formula is C23H23ClN6OS. The number of rotatable bonds is 3. The van der Waals surface area contributed by atoms with Crippen molar-refractivity contribution in [2.24, 2.45) is 0 Å². The average molecular weight is 467 g/mol. The zero-order valence-corrected chi connectivity index (χ0v) is 19.5. The molecule has 9 heteroatoms. The predicted molar refractivity (Wildman–Crippen MR) is 128 cm³/mol. The molecule has 32 heavy (non-hydrogen) atoms. The van der Waals surface area contributed by atoms with Gasteiger partial charge in [-0.2, -0.15) is 5.10 Å². The molecule has 1 aromatic carbocycles. The number of hydrogen-bond donors (Lipinski definition) is 0. The summed E-state index contributed by atoms with van der Waals surface area (Å²) in [7, 11) is 0. The molecule has 0 unspecified atom stereocenters. The summed E-state index contributed by atoms with van der Waals surface area (Å²) in [4.78, 5) is 27.3. The molecule has 0 bridgehead atoms. The summed E-state index contributed by atoms with van der Waals surface area (Å²) >= 11 is 7.94. The molecule has 0 saturated carbocycles. The van der Waals surface area contributed by atoms with Gasteiger partial charge in [0.15, 0.2) is 5.65 Å². The van der Waals surface area contributed by atoms with Crippen LogP contribution >= 0.6 is 22.9 Å². The largest absolute Gasteiger partial charge is 0.354 e. The van der Waals surface area contributed by atoms with E-state index in [1.54, 1.807) is 4.68 Å². The number of anilines is 1. The predicted octanol–water partition coefficient (Wildman–Crippen LogP) is 4.50. The summed E-state index contributed by atoms with van der Waals surface area (Å²) in [6.07, 6.45) is 0.874. The zero-order chi connectivity index (χ0) is 22.2. The van der Waals surface area contributed by atoms with Gasteiger partial charge in [-0.15, -0.1) is 11.3 Å². The lowest BCUT2D eigenvalue weighted by Gasteiger charge is -2.23. The van der Waals surface area contributed by atoms with E-state index in [1.807, 2.05) is 60.5 Å². The molecule has 4 heterocycles. The maximum Gasteiger partial charge on any atom is 0.263 e. The van der Waals surface area contributed by atoms with Gasteiger partial charge in [0.2, 0.25) is 0 Å². The van der Waals surface area contributed by atoms with Gasteiger partial charge in [-0.3, -0.25) is 4.79 Å². The summed E-state index contributed by atoms with van der Waals surface area (Å²) in [6, 6.07) is 11.4. The smallest absolute Gasteiger partial charge is 0.263 e. The molecule has 1 amide bonds. The number of fused-ring (bicyclic) bond motifs is 1. The van der Waals surface area contributed by atoms with Gasteiger partial charge in [-0.05, 0) is 43.8 Å². The van der Waals surface area contributed by atoms with E-state index in [0.717, 1.165) is 52.6 Å². The van der Waals surface area contributed by atoms with E-state index in [-0.39, 0.29) is 5.91 Å². The second-order valence-corrected chi connectivity index (χ2v) is 9.21. The molecule has 0 aliphatic carbocycles. The van der Waals surface area contributed by atoms with Gasteiger partial charge < -0.3 is 9.80 Å². The quantitative estimate of drug-likeness (QED) is 0.444. The lowest BCUT2D eigenvalue weighted by molar-refractivity contribution is 0.0772. The highest BCUT2D eigenvalue weighted by molar-refractivity contribution is 7.12. The Morgan fingerprint density at radius 3 is 2.66 bits per heavy atom. The summed E-state index contributed by atoms with van der Waals surface area (Å²) < 4.78 is 1.80. The molecular weight excluding hydrogens is 444 g/mol. The Bertz CT molecular complexity index is 1290. The first-order valence-electron chi connectivity index (χ1n) is 10.6. The topological polar surface area (TPSA) is 67.2 Å². The Balaban J connectivity index is 1.51. The monoisotopic (exact) mass is 466 g/mol. The average Bonchev–Trinajstić information content (AvgIpc) is 3.35. The molecule has 1 aliphatic heterocycles. The molecule has 4 aromatic rings. The van der Waals surface area contributed by atoms with Gasteiger partial charge in [0.25, 0.3) is 5.91 Å². The van der Waals surface area contributed by atoms with Crippen LogP contribution < -0.4 is 4.90 Å². The van der Waals surface area contributed by atoms with Gasteiger partial charge in [-0.1, -0.05) is 29.8 Å². The number of aromatic nitrogens is 4. The van der Waals surface area contributed by atoms with E-state index < -0.39 is 0 Å². The second kappa shape index (κ2) is 8.52. The molecule has 7 nitrogen and oxygen atoms in total. The van der Waals surface area contributed by atoms with Crippen LogP contribution in [-0.4, -0.2) is 56.7 Å². The summed E-state index contributed by atoms with van der Waals surface area (Å²) in [5.74, 6) is 1.65. The van der Waals surface area contributed by atoms with Crippen LogP contribution in [0.4, 0.5) is 5.82 Å². The van der Waals surface area contributed by atoms with Crippen molar-refractivity contribution in [2.75, 3.05) is 31.1 Å². The third kappa shape index (κ3) is 3.73. The van der Waals surface area contributed by atoms with Gasteiger partial charge in [-0.25, -0.2) is 14.6 Å². The number of para-hydroxylation sites is 1. The Labute approximate surface area is 195 Å². The molecule has 3 aromatic heterocycles. The van der Waals surface area contributed by atoms with Crippen LogP contribution in [-0.2, 0) is 0 Å². The number of halogens is 1. The van der Waals surface area contributed by atoms with Crippen molar-refractivity contribution in [3.63, 3.8) is 0 Å². The molecule has 0 N–H and O–H groups in total. The lowest BCUT2D eigenvalue weighted by Crippen LogP contribution is -2.35. The molecule has 1 aliphatic rings. The highest BCUT2D eigenvalue weighted by Crippen LogP contribution is 2.31. The first kappa shape index (κ1) is 20.9. The second-order valence-electron chi connectivity index (χ2n) is 7.85. The number of hydrogen-bond acceptors (Lipinski definition) is 6. The van der Waals surface area contributed by atoms with Crippen LogP contribution in [0, 0.1) is 13.8 Å². The normalized spacial score (nSPS) is 14.7. The number of carbonyl (C=O) groups excluding carboxylic acids is 1. The fraction of sp³-hybridized carbons (Fsp3) is 0.304. The van der Waals surface area contributed by atoms with Gasteiger partial charge in [0.05, 0.1) is 26.7 Å². The van der Waals surface area contributed by atoms with Gasteiger partial charge in [0, 0.05) is 26.2 Å². The summed E-state index contributed by atoms with van der Waals surface area (Å²) in [5, 5.41) is 8.24. The third-order valence-corrected chi connectivity index (χ3v) is 6.87. The molecule has 5 rings (SSSR count). The molecule has 1 fully saturated rings.